The molecule has 0 saturated heterocycles. The predicted octanol–water partition coefficient (Wildman–Crippen LogP) is 1.67. The Morgan fingerprint density at radius 1 is 1.41 bits per heavy atom. The van der Waals surface area contributed by atoms with Gasteiger partial charge in [0, 0.05) is 10.9 Å². The normalized spacial score (nSPS) is 14.2. The lowest BCUT2D eigenvalue weighted by Crippen LogP contribution is -2.07. The molecule has 2 heterocycles. The molecule has 2 aromatic rings. The van der Waals surface area contributed by atoms with Crippen molar-refractivity contribution in [3.05, 3.63) is 22.6 Å². The van der Waals surface area contributed by atoms with Crippen molar-refractivity contribution in [2.24, 2.45) is 0 Å². The molecule has 0 fully saturated rings. The summed E-state index contributed by atoms with van der Waals surface area (Å²) in [6.45, 7) is 0.517. The van der Waals surface area contributed by atoms with Crippen LogP contribution < -0.4 is 5.73 Å². The number of rotatable bonds is 3. The molecule has 0 saturated carbocycles. The van der Waals surface area contributed by atoms with Crippen LogP contribution in [0.15, 0.2) is 12.1 Å². The van der Waals surface area contributed by atoms with Gasteiger partial charge in [-0.2, -0.15) is 5.10 Å². The number of hydrogen-bond acceptors (Lipinski definition) is 4. The van der Waals surface area contributed by atoms with E-state index in [9.17, 15) is 0 Å². The lowest BCUT2D eigenvalue weighted by atomic mass is 10.2. The highest BCUT2D eigenvalue weighted by molar-refractivity contribution is 7.15. The zero-order chi connectivity index (χ0) is 11.8. The van der Waals surface area contributed by atoms with E-state index in [1.807, 2.05) is 17.4 Å². The van der Waals surface area contributed by atoms with Crippen LogP contribution in [0, 0.1) is 0 Å². The van der Waals surface area contributed by atoms with E-state index >= 15 is 0 Å². The van der Waals surface area contributed by atoms with Gasteiger partial charge in [0.2, 0.25) is 0 Å². The van der Waals surface area contributed by atoms with Gasteiger partial charge in [-0.05, 0) is 30.9 Å². The second-order valence-electron chi connectivity index (χ2n) is 4.31. The number of hydrogen-bond donors (Lipinski definition) is 2. The van der Waals surface area contributed by atoms with Gasteiger partial charge in [-0.25, -0.2) is 4.68 Å². The number of aromatic nitrogens is 2. The molecule has 2 aromatic heterocycles. The first kappa shape index (κ1) is 10.8. The molecule has 0 unspecified atom stereocenters. The molecule has 90 valence electrons. The van der Waals surface area contributed by atoms with Gasteiger partial charge in [-0.1, -0.05) is 0 Å². The number of nitrogen functional groups attached to an aromatic ring is 1. The van der Waals surface area contributed by atoms with Crippen molar-refractivity contribution in [1.82, 2.24) is 9.78 Å². The monoisotopic (exact) mass is 249 g/mol. The fourth-order valence-electron chi connectivity index (χ4n) is 2.28. The number of nitrogens with zero attached hydrogens (tertiary/aromatic N) is 2. The van der Waals surface area contributed by atoms with Crippen LogP contribution in [0.5, 0.6) is 0 Å². The Morgan fingerprint density at radius 3 is 3.06 bits per heavy atom. The fraction of sp³-hybridized carbons (Fsp3) is 0.417. The Labute approximate surface area is 104 Å². The van der Waals surface area contributed by atoms with Gasteiger partial charge in [0.25, 0.3) is 0 Å². The van der Waals surface area contributed by atoms with Gasteiger partial charge < -0.3 is 10.8 Å². The van der Waals surface area contributed by atoms with E-state index in [-0.39, 0.29) is 6.61 Å². The summed E-state index contributed by atoms with van der Waals surface area (Å²) in [5, 5.41) is 13.3. The summed E-state index contributed by atoms with van der Waals surface area (Å²) in [7, 11) is 0. The Bertz CT molecular complexity index is 522. The van der Waals surface area contributed by atoms with E-state index in [0.717, 1.165) is 5.69 Å². The molecular weight excluding hydrogens is 234 g/mol. The maximum atomic E-state index is 8.91. The minimum Gasteiger partial charge on any atom is -0.394 e. The quantitative estimate of drug-likeness (QED) is 0.869. The molecule has 3 rings (SSSR count). The van der Waals surface area contributed by atoms with Crippen molar-refractivity contribution < 1.29 is 5.11 Å². The standard InChI is InChI=1S/C12H15N3OS/c13-12-7-9(14-15(12)4-5-16)11-6-8-2-1-3-10(8)17-11/h6-7,16H,1-5,13H2. The molecule has 1 aliphatic rings. The van der Waals surface area contributed by atoms with Crippen molar-refractivity contribution in [1.29, 1.82) is 0 Å². The minimum atomic E-state index is 0.0618. The van der Waals surface area contributed by atoms with E-state index in [0.29, 0.717) is 12.4 Å². The van der Waals surface area contributed by atoms with Gasteiger partial charge in [0.1, 0.15) is 11.5 Å². The van der Waals surface area contributed by atoms with Gasteiger partial charge in [0.05, 0.1) is 18.0 Å². The summed E-state index contributed by atoms with van der Waals surface area (Å²) in [5.41, 5.74) is 8.25. The van der Waals surface area contributed by atoms with Gasteiger partial charge >= 0.3 is 0 Å². The summed E-state index contributed by atoms with van der Waals surface area (Å²) in [4.78, 5) is 2.69. The van der Waals surface area contributed by atoms with E-state index in [1.54, 1.807) is 4.68 Å². The first-order chi connectivity index (χ1) is 8.28. The number of aryl methyl sites for hydroxylation is 2. The van der Waals surface area contributed by atoms with Crippen LogP contribution in [0.1, 0.15) is 16.9 Å². The second kappa shape index (κ2) is 4.16. The molecule has 0 atom stereocenters. The zero-order valence-corrected chi connectivity index (χ0v) is 10.3. The van der Waals surface area contributed by atoms with Crippen molar-refractivity contribution in [3.8, 4) is 10.6 Å². The zero-order valence-electron chi connectivity index (χ0n) is 9.52. The molecule has 0 aliphatic heterocycles. The molecule has 0 bridgehead atoms. The van der Waals surface area contributed by atoms with Gasteiger partial charge in [-0.3, -0.25) is 0 Å². The third-order valence-electron chi connectivity index (χ3n) is 3.12. The third kappa shape index (κ3) is 1.85. The number of nitrogens with two attached hydrogens (primary N) is 1. The number of fused-ring (bicyclic) bond motifs is 1. The number of thiophene rings is 1. The maximum Gasteiger partial charge on any atom is 0.122 e. The molecule has 1 aliphatic carbocycles. The molecule has 0 aromatic carbocycles. The fourth-order valence-corrected chi connectivity index (χ4v) is 3.49. The highest BCUT2D eigenvalue weighted by Crippen LogP contribution is 2.36. The molecule has 0 spiro atoms. The Morgan fingerprint density at radius 2 is 2.29 bits per heavy atom. The van der Waals surface area contributed by atoms with Crippen LogP contribution in [0.4, 0.5) is 5.82 Å². The lowest BCUT2D eigenvalue weighted by molar-refractivity contribution is 0.270. The predicted molar refractivity (Wildman–Crippen MR) is 69.1 cm³/mol. The second-order valence-corrected chi connectivity index (χ2v) is 5.45. The van der Waals surface area contributed by atoms with E-state index < -0.39 is 0 Å². The largest absolute Gasteiger partial charge is 0.394 e. The van der Waals surface area contributed by atoms with Crippen LogP contribution in [0.25, 0.3) is 10.6 Å². The van der Waals surface area contributed by atoms with Crippen molar-refractivity contribution >= 4 is 17.2 Å². The summed E-state index contributed by atoms with van der Waals surface area (Å²) in [6, 6.07) is 4.12. The Hall–Kier alpha value is -1.33. The maximum absolute atomic E-state index is 8.91. The first-order valence-corrected chi connectivity index (χ1v) is 6.65. The average Bonchev–Trinajstić information content (AvgIpc) is 2.92. The highest BCUT2D eigenvalue weighted by atomic mass is 32.1. The molecular formula is C12H15N3OS. The van der Waals surface area contributed by atoms with Gasteiger partial charge in [0.15, 0.2) is 0 Å². The van der Waals surface area contributed by atoms with Crippen molar-refractivity contribution in [2.75, 3.05) is 12.3 Å². The molecule has 17 heavy (non-hydrogen) atoms. The molecule has 4 nitrogen and oxygen atoms in total. The lowest BCUT2D eigenvalue weighted by Gasteiger charge is -1.98. The molecule has 0 amide bonds. The van der Waals surface area contributed by atoms with Crippen LogP contribution in [-0.4, -0.2) is 21.5 Å². The topological polar surface area (TPSA) is 64.1 Å². The first-order valence-electron chi connectivity index (χ1n) is 5.84. The van der Waals surface area contributed by atoms with E-state index in [4.69, 9.17) is 10.8 Å². The third-order valence-corrected chi connectivity index (χ3v) is 4.38. The molecule has 0 radical (unpaired) electrons. The minimum absolute atomic E-state index is 0.0618. The number of aliphatic hydroxyl groups is 1. The summed E-state index contributed by atoms with van der Waals surface area (Å²) in [6.07, 6.45) is 3.67. The van der Waals surface area contributed by atoms with Crippen LogP contribution in [0.3, 0.4) is 0 Å². The van der Waals surface area contributed by atoms with Crippen molar-refractivity contribution in [3.63, 3.8) is 0 Å². The molecule has 3 N–H and O–H groups in total. The summed E-state index contributed by atoms with van der Waals surface area (Å²) >= 11 is 1.82. The Balaban J connectivity index is 1.95. The van der Waals surface area contributed by atoms with Crippen LogP contribution in [0.2, 0.25) is 0 Å². The summed E-state index contributed by atoms with van der Waals surface area (Å²) < 4.78 is 1.65. The Kier molecular flexibility index (Phi) is 2.64. The number of aliphatic hydroxyl groups excluding tert-OH is 1. The van der Waals surface area contributed by atoms with Crippen LogP contribution in [-0.2, 0) is 19.4 Å². The number of anilines is 1. The molecule has 5 heteroatoms. The van der Waals surface area contributed by atoms with Crippen molar-refractivity contribution in [2.45, 2.75) is 25.8 Å². The van der Waals surface area contributed by atoms with E-state index in [1.165, 1.54) is 34.6 Å². The SMILES string of the molecule is Nc1cc(-c2cc3c(s2)CCC3)nn1CCO. The summed E-state index contributed by atoms with van der Waals surface area (Å²) in [5.74, 6) is 0.614. The van der Waals surface area contributed by atoms with Gasteiger partial charge in [-0.15, -0.1) is 11.3 Å². The van der Waals surface area contributed by atoms with E-state index in [2.05, 4.69) is 11.2 Å². The van der Waals surface area contributed by atoms with Crippen LogP contribution >= 0.6 is 11.3 Å². The smallest absolute Gasteiger partial charge is 0.122 e. The highest BCUT2D eigenvalue weighted by Gasteiger charge is 2.17. The average molecular weight is 249 g/mol.